The quantitative estimate of drug-likeness (QED) is 0.390. The molecule has 1 aromatic carbocycles. The van der Waals surface area contributed by atoms with Gasteiger partial charge in [0.1, 0.15) is 17.6 Å². The average molecular weight is 492 g/mol. The molecule has 2 aliphatic carbocycles. The fourth-order valence-corrected chi connectivity index (χ4v) is 5.51. The number of likely N-dealkylation sites (N-methyl/N-ethyl adjacent to an activating group) is 1. The van der Waals surface area contributed by atoms with Crippen LogP contribution in [0.2, 0.25) is 0 Å². The van der Waals surface area contributed by atoms with Gasteiger partial charge in [0.15, 0.2) is 0 Å². The molecular weight excluding hydrogens is 454 g/mol. The maximum absolute atomic E-state index is 12.4. The third-order valence-corrected chi connectivity index (χ3v) is 7.82. The molecule has 5 rings (SSSR count). The lowest BCUT2D eigenvalue weighted by atomic mass is 9.85. The van der Waals surface area contributed by atoms with Gasteiger partial charge in [-0.3, -0.25) is 9.69 Å². The number of allylic oxidation sites excluding steroid dienone is 2. The summed E-state index contributed by atoms with van der Waals surface area (Å²) in [4.78, 5) is 18.8. The molecule has 36 heavy (non-hydrogen) atoms. The van der Waals surface area contributed by atoms with Gasteiger partial charge in [0.25, 0.3) is 0 Å². The first-order chi connectivity index (χ1) is 17.5. The van der Waals surface area contributed by atoms with Gasteiger partial charge in [0.05, 0.1) is 13.2 Å². The van der Waals surface area contributed by atoms with Crippen molar-refractivity contribution in [2.75, 3.05) is 26.1 Å². The predicted octanol–water partition coefficient (Wildman–Crippen LogP) is 5.30. The molecule has 192 valence electrons. The highest BCUT2D eigenvalue weighted by molar-refractivity contribution is 5.77. The molecule has 2 saturated carbocycles. The van der Waals surface area contributed by atoms with Crippen LogP contribution >= 0.6 is 0 Å². The van der Waals surface area contributed by atoms with E-state index in [0.29, 0.717) is 5.92 Å². The number of rotatable bonds is 12. The molecule has 7 nitrogen and oxygen atoms in total. The first kappa shape index (κ1) is 24.8. The van der Waals surface area contributed by atoms with Gasteiger partial charge in [0, 0.05) is 30.1 Å². The van der Waals surface area contributed by atoms with Crippen LogP contribution in [0.5, 0.6) is 5.75 Å². The number of nitrogens with one attached hydrogen (secondary N) is 1. The van der Waals surface area contributed by atoms with Crippen molar-refractivity contribution >= 4 is 11.8 Å². The Morgan fingerprint density at radius 3 is 2.81 bits per heavy atom. The Morgan fingerprint density at radius 2 is 2.06 bits per heavy atom. The number of aliphatic carboxylic acids is 1. The summed E-state index contributed by atoms with van der Waals surface area (Å²) in [5, 5.41) is 13.6. The topological polar surface area (TPSA) is 83.9 Å². The highest BCUT2D eigenvalue weighted by atomic mass is 16.5. The lowest BCUT2D eigenvalue weighted by Crippen LogP contribution is -2.49. The molecule has 0 unspecified atom stereocenters. The number of hydrogen-bond acceptors (Lipinski definition) is 6. The second-order valence-corrected chi connectivity index (χ2v) is 10.3. The number of hydrogen-bond donors (Lipinski definition) is 2. The first-order valence-corrected chi connectivity index (χ1v) is 13.2. The predicted molar refractivity (Wildman–Crippen MR) is 139 cm³/mol. The number of pyridine rings is 1. The maximum atomic E-state index is 12.4. The van der Waals surface area contributed by atoms with Gasteiger partial charge in [-0.25, -0.2) is 4.98 Å². The van der Waals surface area contributed by atoms with Crippen molar-refractivity contribution in [2.24, 2.45) is 0 Å². The highest BCUT2D eigenvalue weighted by Gasteiger charge is 2.41. The van der Waals surface area contributed by atoms with Crippen molar-refractivity contribution < 1.29 is 19.4 Å². The summed E-state index contributed by atoms with van der Waals surface area (Å²) < 4.78 is 11.7. The Hall–Kier alpha value is -2.90. The van der Waals surface area contributed by atoms with Gasteiger partial charge >= 0.3 is 5.97 Å². The normalized spacial score (nSPS) is 21.7. The van der Waals surface area contributed by atoms with Gasteiger partial charge < -0.3 is 19.9 Å². The number of aromatic nitrogens is 1. The largest absolute Gasteiger partial charge is 0.496 e. The Balaban J connectivity index is 1.07. The van der Waals surface area contributed by atoms with E-state index in [4.69, 9.17) is 9.47 Å². The molecule has 1 aliphatic heterocycles. The zero-order valence-corrected chi connectivity index (χ0v) is 21.3. The molecule has 2 fully saturated rings. The maximum Gasteiger partial charge on any atom is 0.325 e. The minimum absolute atomic E-state index is 0.207. The number of anilines is 1. The minimum Gasteiger partial charge on any atom is -0.496 e. The van der Waals surface area contributed by atoms with E-state index >= 15 is 0 Å². The number of unbranched alkanes of at least 4 members (excludes halogenated alkanes) is 1. The second-order valence-electron chi connectivity index (χ2n) is 10.3. The fourth-order valence-electron chi connectivity index (χ4n) is 5.51. The second kappa shape index (κ2) is 11.0. The monoisotopic (exact) mass is 491 g/mol. The Kier molecular flexibility index (Phi) is 7.58. The Morgan fingerprint density at radius 1 is 1.22 bits per heavy atom. The number of nitrogens with zero attached hydrogens (tertiary/aromatic N) is 2. The summed E-state index contributed by atoms with van der Waals surface area (Å²) >= 11 is 0. The molecule has 0 spiro atoms. The molecule has 0 saturated heterocycles. The smallest absolute Gasteiger partial charge is 0.325 e. The number of methoxy groups -OCH3 is 1. The van der Waals surface area contributed by atoms with Crippen LogP contribution in [0.1, 0.15) is 73.6 Å². The van der Waals surface area contributed by atoms with Gasteiger partial charge in [-0.15, -0.1) is 0 Å². The van der Waals surface area contributed by atoms with Crippen LogP contribution < -0.4 is 10.1 Å². The van der Waals surface area contributed by atoms with Crippen molar-refractivity contribution in [3.63, 3.8) is 0 Å². The van der Waals surface area contributed by atoms with Crippen LogP contribution in [0.15, 0.2) is 48.3 Å². The van der Waals surface area contributed by atoms with E-state index in [0.717, 1.165) is 80.7 Å². The number of fused-ring (bicyclic) bond motifs is 1. The van der Waals surface area contributed by atoms with Crippen LogP contribution in [0.4, 0.5) is 5.82 Å². The van der Waals surface area contributed by atoms with E-state index in [2.05, 4.69) is 22.4 Å². The number of carboxylic acids is 1. The number of benzene rings is 1. The van der Waals surface area contributed by atoms with Crippen molar-refractivity contribution in [3.8, 4) is 5.75 Å². The van der Waals surface area contributed by atoms with E-state index in [9.17, 15) is 9.90 Å². The standard InChI is InChI=1S/C29H37N3O4/c1-32(27(29(33)34)24-9-5-10-25(35-2)26(24)19-11-12-19)22-17-23(18-22)36-16-4-3-8-21-14-13-20-7-6-15-30-28(20)31-21/h5-7,9-10,14-15,19,22-23,27H,3-4,8,11-13,16-18H2,1-2H3,(H,30,31)(H,33,34)/t22?,23?,27-/m0/s1. The van der Waals surface area contributed by atoms with Crippen LogP contribution in [0.25, 0.3) is 0 Å². The van der Waals surface area contributed by atoms with Gasteiger partial charge in [-0.1, -0.05) is 24.3 Å². The first-order valence-electron chi connectivity index (χ1n) is 13.2. The van der Waals surface area contributed by atoms with Crippen molar-refractivity contribution in [1.29, 1.82) is 0 Å². The van der Waals surface area contributed by atoms with Crippen LogP contribution in [-0.4, -0.2) is 53.9 Å². The molecule has 0 radical (unpaired) electrons. The lowest BCUT2D eigenvalue weighted by molar-refractivity contribution is -0.146. The highest BCUT2D eigenvalue weighted by Crippen LogP contribution is 2.48. The SMILES string of the molecule is COc1cccc([C@@H](C(=O)O)N(C)C2CC(OCCCCC3=CCc4cccnc4N3)C2)c1C1CC1. The molecule has 2 N–H and O–H groups in total. The van der Waals surface area contributed by atoms with E-state index in [1.165, 1.54) is 11.3 Å². The van der Waals surface area contributed by atoms with Crippen molar-refractivity contribution in [2.45, 2.75) is 75.5 Å². The van der Waals surface area contributed by atoms with Gasteiger partial charge in [-0.05, 0) is 87.6 Å². The summed E-state index contributed by atoms with van der Waals surface area (Å²) in [5.74, 6) is 1.40. The average Bonchev–Trinajstić information content (AvgIpc) is 3.69. The molecule has 2 heterocycles. The van der Waals surface area contributed by atoms with E-state index in [-0.39, 0.29) is 12.1 Å². The summed E-state index contributed by atoms with van der Waals surface area (Å²) in [7, 11) is 3.60. The lowest BCUT2D eigenvalue weighted by Gasteiger charge is -2.43. The van der Waals surface area contributed by atoms with Crippen molar-refractivity contribution in [3.05, 3.63) is 65.0 Å². The van der Waals surface area contributed by atoms with Gasteiger partial charge in [-0.2, -0.15) is 0 Å². The van der Waals surface area contributed by atoms with Crippen molar-refractivity contribution in [1.82, 2.24) is 9.88 Å². The summed E-state index contributed by atoms with van der Waals surface area (Å²) in [6.45, 7) is 0.743. The summed E-state index contributed by atoms with van der Waals surface area (Å²) in [6, 6.07) is 9.44. The Labute approximate surface area is 213 Å². The van der Waals surface area contributed by atoms with E-state index in [1.54, 1.807) is 7.11 Å². The summed E-state index contributed by atoms with van der Waals surface area (Å²) in [6.07, 6.45) is 12.3. The van der Waals surface area contributed by atoms with E-state index in [1.807, 2.05) is 42.4 Å². The van der Waals surface area contributed by atoms with Gasteiger partial charge in [0.2, 0.25) is 0 Å². The third kappa shape index (κ3) is 5.42. The number of carboxylic acid groups (broad SMARTS) is 1. The molecule has 1 aromatic heterocycles. The number of carbonyl (C=O) groups is 1. The van der Waals surface area contributed by atoms with Crippen LogP contribution in [0.3, 0.4) is 0 Å². The zero-order chi connectivity index (χ0) is 25.1. The number of ether oxygens (including phenoxy) is 2. The molecule has 1 atom stereocenters. The molecule has 2 aromatic rings. The molecule has 0 bridgehead atoms. The van der Waals surface area contributed by atoms with Crippen LogP contribution in [0, 0.1) is 0 Å². The molecule has 7 heteroatoms. The summed E-state index contributed by atoms with van der Waals surface area (Å²) in [5.41, 5.74) is 4.44. The minimum atomic E-state index is -0.805. The van der Waals surface area contributed by atoms with Crippen LogP contribution in [-0.2, 0) is 16.0 Å². The Bertz CT molecular complexity index is 1110. The molecular formula is C29H37N3O4. The molecule has 3 aliphatic rings. The third-order valence-electron chi connectivity index (χ3n) is 7.82. The fraction of sp³-hybridized carbons (Fsp3) is 0.517. The molecule has 0 amide bonds. The zero-order valence-electron chi connectivity index (χ0n) is 21.3. The van der Waals surface area contributed by atoms with E-state index < -0.39 is 12.0 Å².